The van der Waals surface area contributed by atoms with Gasteiger partial charge in [0.1, 0.15) is 0 Å². The zero-order valence-corrected chi connectivity index (χ0v) is 13.7. The molecule has 4 nitrogen and oxygen atoms in total. The first-order chi connectivity index (χ1) is 10.0. The van der Waals surface area contributed by atoms with Crippen molar-refractivity contribution in [1.82, 2.24) is 10.3 Å². The fourth-order valence-corrected chi connectivity index (χ4v) is 3.08. The van der Waals surface area contributed by atoms with Gasteiger partial charge in [-0.3, -0.25) is 10.1 Å². The zero-order chi connectivity index (χ0) is 15.4. The standard InChI is InChI=1S/C16H21N3OS/c1-5-17-12(4)13-9-21-16(18-13)19-15(20)14-10(2)7-6-8-11(14)3/h6-9,12,17H,5H2,1-4H3,(H,18,19,20). The summed E-state index contributed by atoms with van der Waals surface area (Å²) >= 11 is 1.46. The normalized spacial score (nSPS) is 12.2. The second kappa shape index (κ2) is 6.83. The van der Waals surface area contributed by atoms with Crippen LogP contribution in [0.3, 0.4) is 0 Å². The lowest BCUT2D eigenvalue weighted by Gasteiger charge is -2.09. The maximum atomic E-state index is 12.4. The van der Waals surface area contributed by atoms with E-state index in [1.807, 2.05) is 37.4 Å². The molecule has 0 bridgehead atoms. The second-order valence-corrected chi connectivity index (χ2v) is 5.94. The monoisotopic (exact) mass is 303 g/mol. The summed E-state index contributed by atoms with van der Waals surface area (Å²) < 4.78 is 0. The van der Waals surface area contributed by atoms with Gasteiger partial charge in [-0.05, 0) is 38.4 Å². The first-order valence-corrected chi connectivity index (χ1v) is 7.97. The molecule has 1 unspecified atom stereocenters. The van der Waals surface area contributed by atoms with E-state index in [1.165, 1.54) is 11.3 Å². The molecule has 1 amide bonds. The Morgan fingerprint density at radius 2 is 2.00 bits per heavy atom. The van der Waals surface area contributed by atoms with E-state index in [0.717, 1.165) is 28.9 Å². The van der Waals surface area contributed by atoms with Crippen molar-refractivity contribution in [2.75, 3.05) is 11.9 Å². The molecule has 0 aliphatic heterocycles. The molecule has 2 rings (SSSR count). The molecule has 2 aromatic rings. The van der Waals surface area contributed by atoms with Crippen molar-refractivity contribution in [3.8, 4) is 0 Å². The summed E-state index contributed by atoms with van der Waals surface area (Å²) in [6, 6.07) is 6.04. The summed E-state index contributed by atoms with van der Waals surface area (Å²) in [6.07, 6.45) is 0. The highest BCUT2D eigenvalue weighted by Gasteiger charge is 2.15. The van der Waals surface area contributed by atoms with Crippen molar-refractivity contribution >= 4 is 22.4 Å². The number of anilines is 1. The number of hydrogen-bond acceptors (Lipinski definition) is 4. The molecule has 1 heterocycles. The van der Waals surface area contributed by atoms with Gasteiger partial charge in [-0.2, -0.15) is 0 Å². The molecule has 21 heavy (non-hydrogen) atoms. The third kappa shape index (κ3) is 3.68. The molecule has 0 fully saturated rings. The number of carbonyl (C=O) groups excluding carboxylic acids is 1. The van der Waals surface area contributed by atoms with E-state index >= 15 is 0 Å². The highest BCUT2D eigenvalue weighted by Crippen LogP contribution is 2.22. The average molecular weight is 303 g/mol. The first kappa shape index (κ1) is 15.7. The summed E-state index contributed by atoms with van der Waals surface area (Å²) in [6.45, 7) is 8.91. The van der Waals surface area contributed by atoms with Crippen LogP contribution in [-0.2, 0) is 0 Å². The second-order valence-electron chi connectivity index (χ2n) is 5.08. The number of aromatic nitrogens is 1. The van der Waals surface area contributed by atoms with Crippen LogP contribution >= 0.6 is 11.3 Å². The van der Waals surface area contributed by atoms with E-state index in [-0.39, 0.29) is 11.9 Å². The summed E-state index contributed by atoms with van der Waals surface area (Å²) in [5, 5.41) is 8.83. The summed E-state index contributed by atoms with van der Waals surface area (Å²) in [7, 11) is 0. The highest BCUT2D eigenvalue weighted by atomic mass is 32.1. The minimum absolute atomic E-state index is 0.0948. The van der Waals surface area contributed by atoms with Crippen LogP contribution in [0.15, 0.2) is 23.6 Å². The zero-order valence-electron chi connectivity index (χ0n) is 12.9. The summed E-state index contributed by atoms with van der Waals surface area (Å²) in [5.74, 6) is -0.0948. The van der Waals surface area contributed by atoms with Crippen molar-refractivity contribution in [3.63, 3.8) is 0 Å². The van der Waals surface area contributed by atoms with Crippen molar-refractivity contribution < 1.29 is 4.79 Å². The third-order valence-corrected chi connectivity index (χ3v) is 4.18. The van der Waals surface area contributed by atoms with Gasteiger partial charge in [0.15, 0.2) is 5.13 Å². The largest absolute Gasteiger partial charge is 0.309 e. The van der Waals surface area contributed by atoms with E-state index in [4.69, 9.17) is 0 Å². The van der Waals surface area contributed by atoms with E-state index in [2.05, 4.69) is 29.5 Å². The number of carbonyl (C=O) groups is 1. The van der Waals surface area contributed by atoms with Crippen LogP contribution in [0.25, 0.3) is 0 Å². The number of aryl methyl sites for hydroxylation is 2. The van der Waals surface area contributed by atoms with Crippen LogP contribution in [-0.4, -0.2) is 17.4 Å². The van der Waals surface area contributed by atoms with Crippen LogP contribution in [0.1, 0.15) is 47.1 Å². The van der Waals surface area contributed by atoms with Gasteiger partial charge in [0.2, 0.25) is 0 Å². The molecule has 1 atom stereocenters. The third-order valence-electron chi connectivity index (χ3n) is 3.40. The van der Waals surface area contributed by atoms with Gasteiger partial charge in [-0.1, -0.05) is 25.1 Å². The number of thiazole rings is 1. The molecule has 2 N–H and O–H groups in total. The predicted molar refractivity (Wildman–Crippen MR) is 88.1 cm³/mol. The minimum Gasteiger partial charge on any atom is -0.309 e. The van der Waals surface area contributed by atoms with Gasteiger partial charge in [-0.15, -0.1) is 11.3 Å². The van der Waals surface area contributed by atoms with Gasteiger partial charge < -0.3 is 5.32 Å². The Balaban J connectivity index is 2.13. The Bertz CT molecular complexity index is 616. The number of nitrogens with one attached hydrogen (secondary N) is 2. The van der Waals surface area contributed by atoms with Gasteiger partial charge in [0.25, 0.3) is 5.91 Å². The topological polar surface area (TPSA) is 54.0 Å². The molecule has 0 spiro atoms. The van der Waals surface area contributed by atoms with Gasteiger partial charge in [-0.25, -0.2) is 4.98 Å². The maximum Gasteiger partial charge on any atom is 0.257 e. The Kier molecular flexibility index (Phi) is 5.09. The Labute approximate surface area is 129 Å². The van der Waals surface area contributed by atoms with Crippen molar-refractivity contribution in [1.29, 1.82) is 0 Å². The Hall–Kier alpha value is -1.72. The van der Waals surface area contributed by atoms with Gasteiger partial charge in [0.05, 0.1) is 5.69 Å². The summed E-state index contributed by atoms with van der Waals surface area (Å²) in [5.41, 5.74) is 3.64. The summed E-state index contributed by atoms with van der Waals surface area (Å²) in [4.78, 5) is 16.9. The molecule has 0 radical (unpaired) electrons. The number of hydrogen-bond donors (Lipinski definition) is 2. The van der Waals surface area contributed by atoms with Crippen molar-refractivity contribution in [2.24, 2.45) is 0 Å². The molecule has 0 aliphatic carbocycles. The van der Waals surface area contributed by atoms with Crippen LogP contribution in [0.2, 0.25) is 0 Å². The van der Waals surface area contributed by atoms with Gasteiger partial charge in [0, 0.05) is 17.0 Å². The Morgan fingerprint density at radius 3 is 2.62 bits per heavy atom. The fraction of sp³-hybridized carbons (Fsp3) is 0.375. The van der Waals surface area contributed by atoms with E-state index in [1.54, 1.807) is 0 Å². The molecule has 1 aromatic carbocycles. The maximum absolute atomic E-state index is 12.4. The lowest BCUT2D eigenvalue weighted by Crippen LogP contribution is -2.18. The number of rotatable bonds is 5. The molecule has 5 heteroatoms. The molecular formula is C16H21N3OS. The SMILES string of the molecule is CCNC(C)c1csc(NC(=O)c2c(C)cccc2C)n1. The van der Waals surface area contributed by atoms with Crippen LogP contribution in [0, 0.1) is 13.8 Å². The van der Waals surface area contributed by atoms with Crippen molar-refractivity contribution in [2.45, 2.75) is 33.7 Å². The van der Waals surface area contributed by atoms with E-state index in [0.29, 0.717) is 5.13 Å². The molecule has 0 saturated heterocycles. The quantitative estimate of drug-likeness (QED) is 0.886. The van der Waals surface area contributed by atoms with E-state index in [9.17, 15) is 4.79 Å². The first-order valence-electron chi connectivity index (χ1n) is 7.09. The lowest BCUT2D eigenvalue weighted by atomic mass is 10.0. The lowest BCUT2D eigenvalue weighted by molar-refractivity contribution is 0.102. The van der Waals surface area contributed by atoms with Crippen molar-refractivity contribution in [3.05, 3.63) is 46.0 Å². The highest BCUT2D eigenvalue weighted by molar-refractivity contribution is 7.14. The fourth-order valence-electron chi connectivity index (χ4n) is 2.29. The number of amides is 1. The molecule has 1 aromatic heterocycles. The molecule has 0 aliphatic rings. The molecule has 112 valence electrons. The van der Waals surface area contributed by atoms with Gasteiger partial charge >= 0.3 is 0 Å². The Morgan fingerprint density at radius 1 is 1.33 bits per heavy atom. The number of nitrogens with zero attached hydrogens (tertiary/aromatic N) is 1. The van der Waals surface area contributed by atoms with Crippen LogP contribution in [0.4, 0.5) is 5.13 Å². The van der Waals surface area contributed by atoms with Crippen LogP contribution < -0.4 is 10.6 Å². The molecule has 0 saturated carbocycles. The molecular weight excluding hydrogens is 282 g/mol. The average Bonchev–Trinajstić information content (AvgIpc) is 2.87. The van der Waals surface area contributed by atoms with E-state index < -0.39 is 0 Å². The predicted octanol–water partition coefficient (Wildman–Crippen LogP) is 3.68. The number of benzene rings is 1. The van der Waals surface area contributed by atoms with Crippen LogP contribution in [0.5, 0.6) is 0 Å². The smallest absolute Gasteiger partial charge is 0.257 e. The minimum atomic E-state index is -0.0948.